The van der Waals surface area contributed by atoms with E-state index in [-0.39, 0.29) is 30.0 Å². The van der Waals surface area contributed by atoms with Crippen LogP contribution in [0.25, 0.3) is 0 Å². The van der Waals surface area contributed by atoms with Crippen molar-refractivity contribution in [2.24, 2.45) is 11.8 Å². The maximum atomic E-state index is 13.1. The smallest absolute Gasteiger partial charge is 0.241 e. The first-order valence-electron chi connectivity index (χ1n) is 7.82. The van der Waals surface area contributed by atoms with E-state index in [1.54, 1.807) is 12.1 Å². The van der Waals surface area contributed by atoms with E-state index in [9.17, 15) is 9.18 Å². The number of nitrogens with zero attached hydrogens (tertiary/aromatic N) is 1. The Kier molecular flexibility index (Phi) is 3.74. The monoisotopic (exact) mass is 290 g/mol. The Hall–Kier alpha value is -1.42. The Balaban J connectivity index is 1.91. The zero-order valence-electron chi connectivity index (χ0n) is 12.8. The molecule has 4 heteroatoms. The van der Waals surface area contributed by atoms with Crippen molar-refractivity contribution in [2.45, 2.75) is 51.9 Å². The number of hydrogen-bond acceptors (Lipinski definition) is 2. The first kappa shape index (κ1) is 14.5. The van der Waals surface area contributed by atoms with Crippen molar-refractivity contribution < 1.29 is 9.18 Å². The highest BCUT2D eigenvalue weighted by Crippen LogP contribution is 2.40. The van der Waals surface area contributed by atoms with Gasteiger partial charge in [-0.1, -0.05) is 26.0 Å². The Morgan fingerprint density at radius 2 is 1.81 bits per heavy atom. The highest BCUT2D eigenvalue weighted by Gasteiger charge is 2.45. The van der Waals surface area contributed by atoms with Crippen molar-refractivity contribution in [1.82, 2.24) is 10.2 Å². The fraction of sp³-hybridized carbons (Fsp3) is 0.588. The van der Waals surface area contributed by atoms with Crippen molar-refractivity contribution >= 4 is 5.91 Å². The van der Waals surface area contributed by atoms with Crippen LogP contribution in [0.2, 0.25) is 0 Å². The van der Waals surface area contributed by atoms with Gasteiger partial charge in [0.2, 0.25) is 5.91 Å². The average Bonchev–Trinajstić information content (AvgIpc) is 2.93. The van der Waals surface area contributed by atoms with E-state index in [0.717, 1.165) is 12.0 Å². The molecule has 1 aliphatic heterocycles. The number of halogens is 1. The molecule has 3 rings (SSSR count). The van der Waals surface area contributed by atoms with Gasteiger partial charge in [0.15, 0.2) is 0 Å². The van der Waals surface area contributed by atoms with Crippen molar-refractivity contribution in [3.63, 3.8) is 0 Å². The fourth-order valence-corrected chi connectivity index (χ4v) is 3.73. The normalized spacial score (nSPS) is 36.5. The molecule has 3 nitrogen and oxygen atoms in total. The first-order valence-corrected chi connectivity index (χ1v) is 7.82. The summed E-state index contributed by atoms with van der Waals surface area (Å²) < 4.78 is 13.1. The quantitative estimate of drug-likeness (QED) is 0.908. The van der Waals surface area contributed by atoms with E-state index in [2.05, 4.69) is 19.2 Å². The van der Waals surface area contributed by atoms with Crippen molar-refractivity contribution in [1.29, 1.82) is 0 Å². The molecule has 0 spiro atoms. The van der Waals surface area contributed by atoms with Crippen LogP contribution < -0.4 is 5.32 Å². The van der Waals surface area contributed by atoms with Gasteiger partial charge in [0.05, 0.1) is 6.04 Å². The molecule has 0 radical (unpaired) electrons. The lowest BCUT2D eigenvalue weighted by atomic mass is 9.96. The van der Waals surface area contributed by atoms with Gasteiger partial charge in [0, 0.05) is 6.04 Å². The van der Waals surface area contributed by atoms with Crippen molar-refractivity contribution in [3.05, 3.63) is 35.6 Å². The Bertz CT molecular complexity index is 530. The van der Waals surface area contributed by atoms with Crippen LogP contribution in [-0.4, -0.2) is 22.9 Å². The minimum atomic E-state index is -0.245. The summed E-state index contributed by atoms with van der Waals surface area (Å²) in [5, 5.41) is 3.36. The molecule has 1 amide bonds. The molecule has 114 valence electrons. The molecular formula is C17H23FN2O. The summed E-state index contributed by atoms with van der Waals surface area (Å²) >= 11 is 0. The molecule has 1 aromatic carbocycles. The lowest BCUT2D eigenvalue weighted by Crippen LogP contribution is -2.42. The Labute approximate surface area is 125 Å². The van der Waals surface area contributed by atoms with E-state index in [1.165, 1.54) is 18.6 Å². The van der Waals surface area contributed by atoms with Crippen LogP contribution in [-0.2, 0) is 4.79 Å². The Morgan fingerprint density at radius 1 is 1.14 bits per heavy atom. The highest BCUT2D eigenvalue weighted by atomic mass is 19.1. The van der Waals surface area contributed by atoms with E-state index in [0.29, 0.717) is 11.8 Å². The summed E-state index contributed by atoms with van der Waals surface area (Å²) in [6.45, 7) is 6.40. The SMILES string of the molecule is CC1NC(c2ccc(F)cc2)N(C2CCC(C)C2C)C1=O. The van der Waals surface area contributed by atoms with Gasteiger partial charge in [0.1, 0.15) is 12.0 Å². The second kappa shape index (κ2) is 5.41. The zero-order valence-corrected chi connectivity index (χ0v) is 12.8. The second-order valence-electron chi connectivity index (χ2n) is 6.57. The van der Waals surface area contributed by atoms with Gasteiger partial charge in [-0.3, -0.25) is 10.1 Å². The minimum Gasteiger partial charge on any atom is -0.318 e. The molecule has 2 aliphatic rings. The number of hydrogen-bond donors (Lipinski definition) is 1. The third kappa shape index (κ3) is 2.46. The number of amides is 1. The molecule has 2 fully saturated rings. The summed E-state index contributed by atoms with van der Waals surface area (Å²) in [6.07, 6.45) is 2.09. The molecule has 1 aliphatic carbocycles. The van der Waals surface area contributed by atoms with E-state index in [4.69, 9.17) is 0 Å². The molecule has 1 aromatic rings. The van der Waals surface area contributed by atoms with Crippen molar-refractivity contribution in [3.8, 4) is 0 Å². The largest absolute Gasteiger partial charge is 0.318 e. The maximum absolute atomic E-state index is 13.1. The molecule has 0 aromatic heterocycles. The fourth-order valence-electron chi connectivity index (χ4n) is 3.73. The van der Waals surface area contributed by atoms with Crippen LogP contribution >= 0.6 is 0 Å². The number of nitrogens with one attached hydrogen (secondary N) is 1. The molecule has 21 heavy (non-hydrogen) atoms. The van der Waals surface area contributed by atoms with Crippen molar-refractivity contribution in [2.75, 3.05) is 0 Å². The molecule has 5 unspecified atom stereocenters. The topological polar surface area (TPSA) is 32.3 Å². The average molecular weight is 290 g/mol. The predicted octanol–water partition coefficient (Wildman–Crippen LogP) is 3.08. The van der Waals surface area contributed by atoms with E-state index < -0.39 is 0 Å². The zero-order chi connectivity index (χ0) is 15.1. The summed E-state index contributed by atoms with van der Waals surface area (Å²) in [5.41, 5.74) is 0.959. The summed E-state index contributed by atoms with van der Waals surface area (Å²) in [7, 11) is 0. The van der Waals surface area contributed by atoms with Gasteiger partial charge in [-0.2, -0.15) is 0 Å². The first-order chi connectivity index (χ1) is 9.99. The molecule has 0 bridgehead atoms. The number of rotatable bonds is 2. The Morgan fingerprint density at radius 3 is 2.38 bits per heavy atom. The summed E-state index contributed by atoms with van der Waals surface area (Å²) in [6, 6.07) is 6.57. The van der Waals surface area contributed by atoms with Gasteiger partial charge in [-0.15, -0.1) is 0 Å². The minimum absolute atomic E-state index is 0.133. The number of carbonyl (C=O) groups excluding carboxylic acids is 1. The molecule has 1 heterocycles. The van der Waals surface area contributed by atoms with Crippen LogP contribution in [0.5, 0.6) is 0 Å². The standard InChI is InChI=1S/C17H23FN2O/c1-10-4-9-15(11(10)2)20-16(19-12(3)17(20)21)13-5-7-14(18)8-6-13/h5-8,10-12,15-16,19H,4,9H2,1-3H3. The molecule has 1 N–H and O–H groups in total. The van der Waals surface area contributed by atoms with Crippen LogP contribution in [0.1, 0.15) is 45.3 Å². The van der Waals surface area contributed by atoms with Crippen LogP contribution in [0, 0.1) is 17.7 Å². The second-order valence-corrected chi connectivity index (χ2v) is 6.57. The molecule has 5 atom stereocenters. The van der Waals surface area contributed by atoms with Crippen LogP contribution in [0.15, 0.2) is 24.3 Å². The van der Waals surface area contributed by atoms with E-state index in [1.807, 2.05) is 11.8 Å². The lowest BCUT2D eigenvalue weighted by molar-refractivity contribution is -0.132. The highest BCUT2D eigenvalue weighted by molar-refractivity contribution is 5.84. The van der Waals surface area contributed by atoms with Gasteiger partial charge in [-0.05, 0) is 49.3 Å². The van der Waals surface area contributed by atoms with Gasteiger partial charge >= 0.3 is 0 Å². The number of carbonyl (C=O) groups is 1. The maximum Gasteiger partial charge on any atom is 0.241 e. The molecule has 1 saturated carbocycles. The van der Waals surface area contributed by atoms with Gasteiger partial charge in [-0.25, -0.2) is 4.39 Å². The molecule has 1 saturated heterocycles. The summed E-state index contributed by atoms with van der Waals surface area (Å²) in [4.78, 5) is 14.6. The third-order valence-corrected chi connectivity index (χ3v) is 5.28. The van der Waals surface area contributed by atoms with E-state index >= 15 is 0 Å². The predicted molar refractivity (Wildman–Crippen MR) is 79.9 cm³/mol. The van der Waals surface area contributed by atoms with Crippen LogP contribution in [0.4, 0.5) is 4.39 Å². The number of benzene rings is 1. The van der Waals surface area contributed by atoms with Gasteiger partial charge < -0.3 is 4.90 Å². The van der Waals surface area contributed by atoms with Crippen LogP contribution in [0.3, 0.4) is 0 Å². The molecular weight excluding hydrogens is 267 g/mol. The van der Waals surface area contributed by atoms with Gasteiger partial charge in [0.25, 0.3) is 0 Å². The summed E-state index contributed by atoms with van der Waals surface area (Å²) in [5.74, 6) is 1.07. The lowest BCUT2D eigenvalue weighted by Gasteiger charge is -2.34. The third-order valence-electron chi connectivity index (χ3n) is 5.28.